The van der Waals surface area contributed by atoms with Crippen LogP contribution in [-0.2, 0) is 0 Å². The fourth-order valence-electron chi connectivity index (χ4n) is 2.58. The van der Waals surface area contributed by atoms with Crippen LogP contribution in [0.2, 0.25) is 0 Å². The monoisotopic (exact) mass is 218 g/mol. The molecule has 1 aliphatic heterocycles. The molecule has 16 heavy (non-hydrogen) atoms. The molecule has 0 radical (unpaired) electrons. The van der Waals surface area contributed by atoms with Gasteiger partial charge in [0.15, 0.2) is 0 Å². The summed E-state index contributed by atoms with van der Waals surface area (Å²) in [4.78, 5) is 2.53. The van der Waals surface area contributed by atoms with Crippen molar-refractivity contribution in [1.82, 2.24) is 5.32 Å². The van der Waals surface area contributed by atoms with Gasteiger partial charge in [-0.2, -0.15) is 0 Å². The molecule has 1 saturated heterocycles. The van der Waals surface area contributed by atoms with E-state index < -0.39 is 0 Å². The zero-order valence-electron chi connectivity index (χ0n) is 10.4. The number of para-hydroxylation sites is 1. The van der Waals surface area contributed by atoms with Crippen LogP contribution in [0.4, 0.5) is 5.69 Å². The van der Waals surface area contributed by atoms with Gasteiger partial charge in [0.25, 0.3) is 0 Å². The number of piperidine rings is 1. The van der Waals surface area contributed by atoms with E-state index in [0.717, 1.165) is 5.92 Å². The molecule has 0 saturated carbocycles. The van der Waals surface area contributed by atoms with Crippen LogP contribution < -0.4 is 10.2 Å². The van der Waals surface area contributed by atoms with Crippen LogP contribution in [0.3, 0.4) is 0 Å². The van der Waals surface area contributed by atoms with Gasteiger partial charge in [0, 0.05) is 18.8 Å². The third-order valence-electron chi connectivity index (χ3n) is 3.56. The third-order valence-corrected chi connectivity index (χ3v) is 3.56. The van der Waals surface area contributed by atoms with E-state index in [2.05, 4.69) is 41.4 Å². The van der Waals surface area contributed by atoms with Gasteiger partial charge in [-0.3, -0.25) is 0 Å². The highest BCUT2D eigenvalue weighted by atomic mass is 15.1. The van der Waals surface area contributed by atoms with Gasteiger partial charge in [0.2, 0.25) is 0 Å². The van der Waals surface area contributed by atoms with E-state index in [1.165, 1.54) is 43.7 Å². The Bertz CT molecular complexity index is 327. The van der Waals surface area contributed by atoms with Crippen molar-refractivity contribution in [3.05, 3.63) is 29.8 Å². The lowest BCUT2D eigenvalue weighted by Gasteiger charge is -2.34. The normalized spacial score (nSPS) is 17.8. The highest BCUT2D eigenvalue weighted by Crippen LogP contribution is 2.25. The van der Waals surface area contributed by atoms with E-state index in [0.29, 0.717) is 0 Å². The molecule has 0 spiro atoms. The first-order valence-electron chi connectivity index (χ1n) is 6.26. The summed E-state index contributed by atoms with van der Waals surface area (Å²) in [5.74, 6) is 0.866. The summed E-state index contributed by atoms with van der Waals surface area (Å²) in [5, 5.41) is 3.28. The quantitative estimate of drug-likeness (QED) is 0.838. The van der Waals surface area contributed by atoms with E-state index in [9.17, 15) is 0 Å². The molecule has 2 rings (SSSR count). The van der Waals surface area contributed by atoms with Gasteiger partial charge in [-0.25, -0.2) is 0 Å². The Balaban J connectivity index is 1.96. The zero-order chi connectivity index (χ0) is 11.4. The first-order chi connectivity index (χ1) is 7.81. The van der Waals surface area contributed by atoms with E-state index >= 15 is 0 Å². The van der Waals surface area contributed by atoms with Crippen LogP contribution >= 0.6 is 0 Å². The van der Waals surface area contributed by atoms with Gasteiger partial charge in [0.05, 0.1) is 0 Å². The molecular formula is C14H22N2. The maximum atomic E-state index is 3.28. The molecule has 1 fully saturated rings. The van der Waals surface area contributed by atoms with Gasteiger partial charge in [-0.1, -0.05) is 18.2 Å². The van der Waals surface area contributed by atoms with Crippen molar-refractivity contribution >= 4 is 5.69 Å². The van der Waals surface area contributed by atoms with Gasteiger partial charge >= 0.3 is 0 Å². The van der Waals surface area contributed by atoms with Gasteiger partial charge in [-0.05, 0) is 50.9 Å². The second kappa shape index (κ2) is 5.35. The Labute approximate surface area is 98.7 Å². The van der Waals surface area contributed by atoms with Crippen LogP contribution in [0.25, 0.3) is 0 Å². The Kier molecular flexibility index (Phi) is 3.83. The lowest BCUT2D eigenvalue weighted by Crippen LogP contribution is -2.37. The Hall–Kier alpha value is -1.02. The lowest BCUT2D eigenvalue weighted by molar-refractivity contribution is 0.393. The summed E-state index contributed by atoms with van der Waals surface area (Å²) in [7, 11) is 2.05. The molecule has 1 aromatic carbocycles. The smallest absolute Gasteiger partial charge is 0.0395 e. The standard InChI is InChI=1S/C14H22N2/c1-12-5-3-4-6-14(12)16-9-7-13(8-10-16)11-15-2/h3-6,13,15H,7-11H2,1-2H3. The first kappa shape index (κ1) is 11.5. The van der Waals surface area contributed by atoms with Crippen LogP contribution in [-0.4, -0.2) is 26.7 Å². The molecular weight excluding hydrogens is 196 g/mol. The van der Waals surface area contributed by atoms with Crippen LogP contribution in [0.5, 0.6) is 0 Å². The molecule has 0 unspecified atom stereocenters. The summed E-state index contributed by atoms with van der Waals surface area (Å²) in [5.41, 5.74) is 2.82. The summed E-state index contributed by atoms with van der Waals surface area (Å²) in [6.45, 7) is 5.78. The molecule has 2 heteroatoms. The molecule has 0 bridgehead atoms. The van der Waals surface area contributed by atoms with Gasteiger partial charge < -0.3 is 10.2 Å². The number of anilines is 1. The highest BCUT2D eigenvalue weighted by Gasteiger charge is 2.19. The topological polar surface area (TPSA) is 15.3 Å². The molecule has 1 aromatic rings. The van der Waals surface area contributed by atoms with Crippen molar-refractivity contribution in [2.75, 3.05) is 31.6 Å². The van der Waals surface area contributed by atoms with Crippen molar-refractivity contribution in [3.8, 4) is 0 Å². The number of aryl methyl sites for hydroxylation is 1. The van der Waals surface area contributed by atoms with Crippen molar-refractivity contribution < 1.29 is 0 Å². The second-order valence-electron chi connectivity index (χ2n) is 4.77. The lowest BCUT2D eigenvalue weighted by atomic mass is 9.96. The SMILES string of the molecule is CNCC1CCN(c2ccccc2C)CC1. The van der Waals surface area contributed by atoms with E-state index in [4.69, 9.17) is 0 Å². The summed E-state index contributed by atoms with van der Waals surface area (Å²) < 4.78 is 0. The van der Waals surface area contributed by atoms with Crippen molar-refractivity contribution in [2.45, 2.75) is 19.8 Å². The summed E-state index contributed by atoms with van der Waals surface area (Å²) in [6.07, 6.45) is 2.63. The maximum Gasteiger partial charge on any atom is 0.0395 e. The van der Waals surface area contributed by atoms with E-state index in [1.807, 2.05) is 7.05 Å². The number of benzene rings is 1. The molecule has 0 amide bonds. The average Bonchev–Trinajstić information content (AvgIpc) is 2.31. The largest absolute Gasteiger partial charge is 0.371 e. The predicted octanol–water partition coefficient (Wildman–Crippen LogP) is 2.43. The maximum absolute atomic E-state index is 3.28. The molecule has 2 nitrogen and oxygen atoms in total. The fourth-order valence-corrected chi connectivity index (χ4v) is 2.58. The number of rotatable bonds is 3. The Morgan fingerprint density at radius 2 is 1.94 bits per heavy atom. The Morgan fingerprint density at radius 3 is 2.56 bits per heavy atom. The molecule has 0 aliphatic carbocycles. The van der Waals surface area contributed by atoms with Crippen LogP contribution in [0.15, 0.2) is 24.3 Å². The molecule has 0 aromatic heterocycles. The number of nitrogens with zero attached hydrogens (tertiary/aromatic N) is 1. The minimum absolute atomic E-state index is 0.866. The van der Waals surface area contributed by atoms with Crippen molar-refractivity contribution in [2.24, 2.45) is 5.92 Å². The van der Waals surface area contributed by atoms with Crippen LogP contribution in [0.1, 0.15) is 18.4 Å². The number of nitrogens with one attached hydrogen (secondary N) is 1. The van der Waals surface area contributed by atoms with Crippen molar-refractivity contribution in [1.29, 1.82) is 0 Å². The predicted molar refractivity (Wildman–Crippen MR) is 70.0 cm³/mol. The highest BCUT2D eigenvalue weighted by molar-refractivity contribution is 5.53. The van der Waals surface area contributed by atoms with Gasteiger partial charge in [0.1, 0.15) is 0 Å². The van der Waals surface area contributed by atoms with E-state index in [-0.39, 0.29) is 0 Å². The summed E-state index contributed by atoms with van der Waals surface area (Å²) >= 11 is 0. The summed E-state index contributed by atoms with van der Waals surface area (Å²) in [6, 6.07) is 8.71. The molecule has 1 heterocycles. The van der Waals surface area contributed by atoms with Crippen molar-refractivity contribution in [3.63, 3.8) is 0 Å². The minimum atomic E-state index is 0.866. The molecule has 0 atom stereocenters. The first-order valence-corrected chi connectivity index (χ1v) is 6.26. The molecule has 88 valence electrons. The Morgan fingerprint density at radius 1 is 1.25 bits per heavy atom. The zero-order valence-corrected chi connectivity index (χ0v) is 10.4. The molecule has 1 N–H and O–H groups in total. The number of hydrogen-bond acceptors (Lipinski definition) is 2. The fraction of sp³-hybridized carbons (Fsp3) is 0.571. The second-order valence-corrected chi connectivity index (χ2v) is 4.77. The third kappa shape index (κ3) is 2.56. The average molecular weight is 218 g/mol. The minimum Gasteiger partial charge on any atom is -0.371 e. The number of hydrogen-bond donors (Lipinski definition) is 1. The van der Waals surface area contributed by atoms with Crippen LogP contribution in [0, 0.1) is 12.8 Å². The van der Waals surface area contributed by atoms with Gasteiger partial charge in [-0.15, -0.1) is 0 Å². The molecule has 1 aliphatic rings. The van der Waals surface area contributed by atoms with E-state index in [1.54, 1.807) is 0 Å².